The molecule has 0 aromatic heterocycles. The molecule has 1 aliphatic heterocycles. The van der Waals surface area contributed by atoms with Crippen molar-refractivity contribution in [3.63, 3.8) is 0 Å². The van der Waals surface area contributed by atoms with Crippen molar-refractivity contribution in [2.75, 3.05) is 0 Å². The first-order valence-electron chi connectivity index (χ1n) is 6.44. The lowest BCUT2D eigenvalue weighted by molar-refractivity contribution is 0.723. The minimum absolute atomic E-state index is 0.436. The van der Waals surface area contributed by atoms with Gasteiger partial charge in [-0.05, 0) is 25.3 Å². The highest BCUT2D eigenvalue weighted by Crippen LogP contribution is 2.28. The summed E-state index contributed by atoms with van der Waals surface area (Å²) in [6.07, 6.45) is 2.36. The van der Waals surface area contributed by atoms with Crippen molar-refractivity contribution < 1.29 is 0 Å². The third kappa shape index (κ3) is 4.61. The van der Waals surface area contributed by atoms with Crippen LogP contribution in [0.2, 0.25) is 0 Å². The topological polar surface area (TPSA) is 12.4 Å². The van der Waals surface area contributed by atoms with Gasteiger partial charge in [0.2, 0.25) is 0 Å². The molecule has 0 saturated heterocycles. The highest BCUT2D eigenvalue weighted by molar-refractivity contribution is 5.83. The summed E-state index contributed by atoms with van der Waals surface area (Å²) < 4.78 is 0. The Balaban J connectivity index is 0.000000509. The molecule has 1 aliphatic rings. The van der Waals surface area contributed by atoms with Crippen LogP contribution in [-0.4, -0.2) is 5.71 Å². The SMILES string of the molecule is CC.CC.CC1=NC(c2ccccc2)CC1. The number of benzene rings is 1. The van der Waals surface area contributed by atoms with Crippen LogP contribution < -0.4 is 0 Å². The van der Waals surface area contributed by atoms with Crippen molar-refractivity contribution in [3.05, 3.63) is 35.9 Å². The summed E-state index contributed by atoms with van der Waals surface area (Å²) in [5, 5.41) is 0. The van der Waals surface area contributed by atoms with Crippen LogP contribution in [0.25, 0.3) is 0 Å². The van der Waals surface area contributed by atoms with Gasteiger partial charge in [-0.25, -0.2) is 0 Å². The monoisotopic (exact) mass is 219 g/mol. The summed E-state index contributed by atoms with van der Waals surface area (Å²) in [4.78, 5) is 4.58. The highest BCUT2D eigenvalue weighted by Gasteiger charge is 2.15. The summed E-state index contributed by atoms with van der Waals surface area (Å²) in [7, 11) is 0. The van der Waals surface area contributed by atoms with Gasteiger partial charge in [0.05, 0.1) is 6.04 Å². The van der Waals surface area contributed by atoms with Crippen molar-refractivity contribution in [1.29, 1.82) is 0 Å². The summed E-state index contributed by atoms with van der Waals surface area (Å²) in [6, 6.07) is 11.0. The van der Waals surface area contributed by atoms with Crippen LogP contribution >= 0.6 is 0 Å². The van der Waals surface area contributed by atoms with E-state index >= 15 is 0 Å². The van der Waals surface area contributed by atoms with Crippen LogP contribution in [0.3, 0.4) is 0 Å². The third-order valence-electron chi connectivity index (χ3n) is 2.34. The first-order valence-corrected chi connectivity index (χ1v) is 6.44. The van der Waals surface area contributed by atoms with Gasteiger partial charge in [0, 0.05) is 5.71 Å². The maximum Gasteiger partial charge on any atom is 0.0751 e. The number of nitrogens with zero attached hydrogens (tertiary/aromatic N) is 1. The zero-order chi connectivity index (χ0) is 12.4. The number of aliphatic imine (C=N–C) groups is 1. The summed E-state index contributed by atoms with van der Waals surface area (Å²) in [5.41, 5.74) is 2.65. The standard InChI is InChI=1S/C11H13N.2C2H6/c1-9-7-8-11(12-9)10-5-3-2-4-6-10;2*1-2/h2-6,11H,7-8H2,1H3;2*1-2H3. The quantitative estimate of drug-likeness (QED) is 0.628. The molecule has 0 spiro atoms. The first-order chi connectivity index (χ1) is 7.86. The number of rotatable bonds is 1. The molecule has 0 N–H and O–H groups in total. The molecule has 0 radical (unpaired) electrons. The van der Waals surface area contributed by atoms with Crippen LogP contribution in [0, 0.1) is 0 Å². The molecular weight excluding hydrogens is 194 g/mol. The van der Waals surface area contributed by atoms with E-state index in [0.717, 1.165) is 0 Å². The van der Waals surface area contributed by atoms with Gasteiger partial charge in [-0.1, -0.05) is 58.0 Å². The van der Waals surface area contributed by atoms with Crippen molar-refractivity contribution >= 4 is 5.71 Å². The highest BCUT2D eigenvalue weighted by atomic mass is 14.8. The second-order valence-electron chi connectivity index (χ2n) is 3.33. The van der Waals surface area contributed by atoms with Crippen LogP contribution in [0.1, 0.15) is 59.1 Å². The van der Waals surface area contributed by atoms with E-state index in [-0.39, 0.29) is 0 Å². The van der Waals surface area contributed by atoms with Gasteiger partial charge in [0.1, 0.15) is 0 Å². The molecule has 90 valence electrons. The summed E-state index contributed by atoms with van der Waals surface area (Å²) in [6.45, 7) is 10.1. The number of hydrogen-bond donors (Lipinski definition) is 0. The van der Waals surface area contributed by atoms with Gasteiger partial charge in [-0.15, -0.1) is 0 Å². The zero-order valence-electron chi connectivity index (χ0n) is 11.3. The number of hydrogen-bond acceptors (Lipinski definition) is 1. The predicted molar refractivity (Wildman–Crippen MR) is 74.2 cm³/mol. The minimum Gasteiger partial charge on any atom is -0.286 e. The molecule has 0 saturated carbocycles. The van der Waals surface area contributed by atoms with Crippen molar-refractivity contribution in [3.8, 4) is 0 Å². The molecule has 1 unspecified atom stereocenters. The molecule has 2 rings (SSSR count). The fraction of sp³-hybridized carbons (Fsp3) is 0.533. The Bertz CT molecular complexity index is 288. The molecule has 0 amide bonds. The summed E-state index contributed by atoms with van der Waals surface area (Å²) in [5.74, 6) is 0. The molecule has 1 nitrogen and oxygen atoms in total. The normalized spacial score (nSPS) is 17.6. The van der Waals surface area contributed by atoms with Crippen LogP contribution in [0.15, 0.2) is 35.3 Å². The van der Waals surface area contributed by atoms with Crippen molar-refractivity contribution in [2.24, 2.45) is 4.99 Å². The molecule has 1 heteroatoms. The second-order valence-corrected chi connectivity index (χ2v) is 3.33. The van der Waals surface area contributed by atoms with Gasteiger partial charge >= 0.3 is 0 Å². The van der Waals surface area contributed by atoms with Crippen LogP contribution in [0.5, 0.6) is 0 Å². The molecule has 0 fully saturated rings. The van der Waals surface area contributed by atoms with Crippen LogP contribution in [-0.2, 0) is 0 Å². The van der Waals surface area contributed by atoms with Gasteiger partial charge in [-0.3, -0.25) is 4.99 Å². The van der Waals surface area contributed by atoms with Gasteiger partial charge < -0.3 is 0 Å². The molecule has 0 aliphatic carbocycles. The smallest absolute Gasteiger partial charge is 0.0751 e. The van der Waals surface area contributed by atoms with Gasteiger partial charge in [0.15, 0.2) is 0 Å². The first kappa shape index (κ1) is 14.9. The van der Waals surface area contributed by atoms with Gasteiger partial charge in [0.25, 0.3) is 0 Å². The van der Waals surface area contributed by atoms with Crippen molar-refractivity contribution in [1.82, 2.24) is 0 Å². The lowest BCUT2D eigenvalue weighted by Gasteiger charge is -2.05. The molecule has 1 heterocycles. The maximum absolute atomic E-state index is 4.58. The van der Waals surface area contributed by atoms with E-state index in [9.17, 15) is 0 Å². The zero-order valence-corrected chi connectivity index (χ0v) is 11.3. The predicted octanol–water partition coefficient (Wildman–Crippen LogP) is 5.03. The van der Waals surface area contributed by atoms with Gasteiger partial charge in [-0.2, -0.15) is 0 Å². The van der Waals surface area contributed by atoms with Crippen molar-refractivity contribution in [2.45, 2.75) is 53.5 Å². The largest absolute Gasteiger partial charge is 0.286 e. The molecule has 1 atom stereocenters. The Morgan fingerprint density at radius 3 is 2.00 bits per heavy atom. The lowest BCUT2D eigenvalue weighted by Crippen LogP contribution is -1.88. The fourth-order valence-electron chi connectivity index (χ4n) is 1.66. The van der Waals surface area contributed by atoms with E-state index in [0.29, 0.717) is 6.04 Å². The lowest BCUT2D eigenvalue weighted by atomic mass is 10.1. The minimum atomic E-state index is 0.436. The molecule has 1 aromatic carbocycles. The van der Waals surface area contributed by atoms with Crippen LogP contribution in [0.4, 0.5) is 0 Å². The van der Waals surface area contributed by atoms with E-state index in [1.165, 1.54) is 24.1 Å². The molecule has 1 aromatic rings. The Morgan fingerprint density at radius 2 is 1.56 bits per heavy atom. The average Bonchev–Trinajstić information content (AvgIpc) is 2.82. The maximum atomic E-state index is 4.58. The molecular formula is C15H25N. The molecule has 0 bridgehead atoms. The summed E-state index contributed by atoms with van der Waals surface area (Å²) >= 11 is 0. The Labute approximate surface area is 101 Å². The Hall–Kier alpha value is -1.11. The molecule has 16 heavy (non-hydrogen) atoms. The Morgan fingerprint density at radius 1 is 1.00 bits per heavy atom. The van der Waals surface area contributed by atoms with E-state index in [1.54, 1.807) is 0 Å². The van der Waals surface area contributed by atoms with E-state index < -0.39 is 0 Å². The van der Waals surface area contributed by atoms with E-state index in [2.05, 4.69) is 42.2 Å². The Kier molecular flexibility index (Phi) is 8.51. The van der Waals surface area contributed by atoms with E-state index in [4.69, 9.17) is 0 Å². The fourth-order valence-corrected chi connectivity index (χ4v) is 1.66. The van der Waals surface area contributed by atoms with E-state index in [1.807, 2.05) is 27.7 Å². The average molecular weight is 219 g/mol. The third-order valence-corrected chi connectivity index (χ3v) is 2.34. The second kappa shape index (κ2) is 9.14.